The molecule has 1 aromatic heterocycles. The van der Waals surface area contributed by atoms with Gasteiger partial charge in [0.1, 0.15) is 5.82 Å². The molecule has 24 heavy (non-hydrogen) atoms. The van der Waals surface area contributed by atoms with Crippen molar-refractivity contribution in [3.05, 3.63) is 54.1 Å². The van der Waals surface area contributed by atoms with Crippen LogP contribution in [0.5, 0.6) is 0 Å². The van der Waals surface area contributed by atoms with E-state index in [4.69, 9.17) is 5.14 Å². The van der Waals surface area contributed by atoms with Gasteiger partial charge in [-0.25, -0.2) is 18.5 Å². The zero-order valence-electron chi connectivity index (χ0n) is 14.1. The molecule has 2 aromatic rings. The number of imidazole rings is 1. The number of benzene rings is 1. The Labute approximate surface area is 143 Å². The standard InChI is InChI=1S/C17H24N4O2S/c1-17(2)10-15(24(18,22)23)12-21(17)13-16-19-8-9-20(16)11-14-6-4-3-5-7-14/h3-9,15H,10-13H2,1-2H3,(H2,18,22,23). The molecule has 0 radical (unpaired) electrons. The van der Waals surface area contributed by atoms with Crippen molar-refractivity contribution in [1.29, 1.82) is 0 Å². The van der Waals surface area contributed by atoms with E-state index in [1.807, 2.05) is 24.4 Å². The molecule has 2 N–H and O–H groups in total. The van der Waals surface area contributed by atoms with Gasteiger partial charge in [0.15, 0.2) is 0 Å². The van der Waals surface area contributed by atoms with Gasteiger partial charge in [-0.1, -0.05) is 30.3 Å². The Morgan fingerprint density at radius 2 is 1.96 bits per heavy atom. The number of aromatic nitrogens is 2. The first-order valence-electron chi connectivity index (χ1n) is 8.06. The van der Waals surface area contributed by atoms with E-state index >= 15 is 0 Å². The molecule has 0 aliphatic carbocycles. The molecule has 2 heterocycles. The molecular formula is C17H24N4O2S. The van der Waals surface area contributed by atoms with Crippen LogP contribution < -0.4 is 5.14 Å². The summed E-state index contributed by atoms with van der Waals surface area (Å²) in [5, 5.41) is 4.85. The summed E-state index contributed by atoms with van der Waals surface area (Å²) < 4.78 is 25.5. The molecule has 6 nitrogen and oxygen atoms in total. The summed E-state index contributed by atoms with van der Waals surface area (Å²) in [6, 6.07) is 10.2. The fraction of sp³-hybridized carbons (Fsp3) is 0.471. The fourth-order valence-electron chi connectivity index (χ4n) is 3.33. The number of rotatable bonds is 5. The highest BCUT2D eigenvalue weighted by atomic mass is 32.2. The summed E-state index contributed by atoms with van der Waals surface area (Å²) in [5.74, 6) is 0.932. The largest absolute Gasteiger partial charge is 0.329 e. The molecule has 0 bridgehead atoms. The van der Waals surface area contributed by atoms with Crippen molar-refractivity contribution in [2.45, 2.75) is 44.1 Å². The van der Waals surface area contributed by atoms with Crippen LogP contribution in [0.4, 0.5) is 0 Å². The normalized spacial score (nSPS) is 21.2. The molecule has 3 rings (SSSR count). The maximum atomic E-state index is 11.7. The van der Waals surface area contributed by atoms with Gasteiger partial charge in [-0.05, 0) is 25.8 Å². The number of hydrogen-bond acceptors (Lipinski definition) is 4. The van der Waals surface area contributed by atoms with Gasteiger partial charge in [-0.2, -0.15) is 0 Å². The molecule has 1 aliphatic heterocycles. The monoisotopic (exact) mass is 348 g/mol. The zero-order chi connectivity index (χ0) is 17.4. The van der Waals surface area contributed by atoms with Crippen molar-refractivity contribution in [3.63, 3.8) is 0 Å². The molecule has 0 saturated carbocycles. The van der Waals surface area contributed by atoms with Gasteiger partial charge in [0, 0.05) is 31.0 Å². The Balaban J connectivity index is 1.76. The Hall–Kier alpha value is -1.70. The molecule has 130 valence electrons. The topological polar surface area (TPSA) is 81.2 Å². The van der Waals surface area contributed by atoms with Crippen LogP contribution >= 0.6 is 0 Å². The zero-order valence-corrected chi connectivity index (χ0v) is 14.9. The fourth-order valence-corrected chi connectivity index (χ4v) is 4.36. The van der Waals surface area contributed by atoms with Gasteiger partial charge in [0.05, 0.1) is 11.8 Å². The Morgan fingerprint density at radius 1 is 1.25 bits per heavy atom. The Kier molecular flexibility index (Phi) is 4.50. The van der Waals surface area contributed by atoms with Crippen LogP contribution in [-0.2, 0) is 23.1 Å². The number of primary sulfonamides is 1. The van der Waals surface area contributed by atoms with Gasteiger partial charge in [0.2, 0.25) is 10.0 Å². The second-order valence-corrected chi connectivity index (χ2v) is 8.91. The molecule has 1 saturated heterocycles. The van der Waals surface area contributed by atoms with Crippen molar-refractivity contribution in [2.24, 2.45) is 5.14 Å². The van der Waals surface area contributed by atoms with E-state index in [9.17, 15) is 8.42 Å². The highest BCUT2D eigenvalue weighted by Crippen LogP contribution is 2.32. The third-order valence-corrected chi connectivity index (χ3v) is 6.05. The summed E-state index contributed by atoms with van der Waals surface area (Å²) in [4.78, 5) is 6.63. The van der Waals surface area contributed by atoms with Crippen LogP contribution in [0.25, 0.3) is 0 Å². The number of likely N-dealkylation sites (tertiary alicyclic amines) is 1. The third kappa shape index (κ3) is 3.68. The molecule has 1 atom stereocenters. The highest BCUT2D eigenvalue weighted by Gasteiger charge is 2.43. The minimum atomic E-state index is -3.51. The first-order valence-corrected chi connectivity index (χ1v) is 9.67. The minimum absolute atomic E-state index is 0.222. The average Bonchev–Trinajstić information content (AvgIpc) is 3.05. The van der Waals surface area contributed by atoms with Gasteiger partial charge in [-0.3, -0.25) is 4.90 Å². The average molecular weight is 348 g/mol. The van der Waals surface area contributed by atoms with Crippen LogP contribution in [0.1, 0.15) is 31.7 Å². The highest BCUT2D eigenvalue weighted by molar-refractivity contribution is 7.89. The van der Waals surface area contributed by atoms with E-state index in [0.29, 0.717) is 19.5 Å². The van der Waals surface area contributed by atoms with Gasteiger partial charge < -0.3 is 4.57 Å². The first-order chi connectivity index (χ1) is 11.3. The molecule has 1 aliphatic rings. The van der Waals surface area contributed by atoms with Crippen molar-refractivity contribution in [2.75, 3.05) is 6.54 Å². The summed E-state index contributed by atoms with van der Waals surface area (Å²) in [5.41, 5.74) is 0.987. The van der Waals surface area contributed by atoms with E-state index in [-0.39, 0.29) is 5.54 Å². The van der Waals surface area contributed by atoms with Crippen LogP contribution in [0.15, 0.2) is 42.7 Å². The number of nitrogens with zero attached hydrogens (tertiary/aromatic N) is 3. The number of sulfonamides is 1. The predicted molar refractivity (Wildman–Crippen MR) is 93.8 cm³/mol. The Morgan fingerprint density at radius 3 is 2.58 bits per heavy atom. The van der Waals surface area contributed by atoms with Gasteiger partial charge >= 0.3 is 0 Å². The van der Waals surface area contributed by atoms with E-state index in [0.717, 1.165) is 12.4 Å². The molecule has 1 fully saturated rings. The number of nitrogens with two attached hydrogens (primary N) is 1. The maximum Gasteiger partial charge on any atom is 0.213 e. The van der Waals surface area contributed by atoms with E-state index < -0.39 is 15.3 Å². The van der Waals surface area contributed by atoms with Crippen LogP contribution in [0.3, 0.4) is 0 Å². The summed E-state index contributed by atoms with van der Waals surface area (Å²) in [6.07, 6.45) is 4.30. The van der Waals surface area contributed by atoms with E-state index in [1.165, 1.54) is 5.56 Å². The lowest BCUT2D eigenvalue weighted by atomic mass is 10.0. The first kappa shape index (κ1) is 17.1. The van der Waals surface area contributed by atoms with Crippen molar-refractivity contribution in [1.82, 2.24) is 14.5 Å². The van der Waals surface area contributed by atoms with Crippen LogP contribution in [0, 0.1) is 0 Å². The van der Waals surface area contributed by atoms with Crippen molar-refractivity contribution < 1.29 is 8.42 Å². The second kappa shape index (κ2) is 6.31. The molecule has 1 unspecified atom stereocenters. The molecule has 0 spiro atoms. The van der Waals surface area contributed by atoms with Crippen LogP contribution in [0.2, 0.25) is 0 Å². The van der Waals surface area contributed by atoms with Gasteiger partial charge in [-0.15, -0.1) is 0 Å². The summed E-state index contributed by atoms with van der Waals surface area (Å²) >= 11 is 0. The smallest absolute Gasteiger partial charge is 0.213 e. The van der Waals surface area contributed by atoms with E-state index in [1.54, 1.807) is 6.20 Å². The quantitative estimate of drug-likeness (QED) is 0.889. The molecule has 0 amide bonds. The van der Waals surface area contributed by atoms with Crippen molar-refractivity contribution >= 4 is 10.0 Å². The lowest BCUT2D eigenvalue weighted by molar-refractivity contribution is 0.160. The number of hydrogen-bond donors (Lipinski definition) is 1. The van der Waals surface area contributed by atoms with Crippen LogP contribution in [-0.4, -0.2) is 40.2 Å². The molecule has 7 heteroatoms. The summed E-state index contributed by atoms with van der Waals surface area (Å²) in [6.45, 7) is 5.93. The lowest BCUT2D eigenvalue weighted by Gasteiger charge is -2.31. The van der Waals surface area contributed by atoms with Gasteiger partial charge in [0.25, 0.3) is 0 Å². The molecular weight excluding hydrogens is 324 g/mol. The SMILES string of the molecule is CC1(C)CC(S(N)(=O)=O)CN1Cc1nccn1Cc1ccccc1. The molecule has 1 aromatic carbocycles. The second-order valence-electron chi connectivity index (χ2n) is 7.07. The minimum Gasteiger partial charge on any atom is -0.329 e. The Bertz CT molecular complexity index is 799. The predicted octanol–water partition coefficient (Wildman–Crippen LogP) is 1.57. The third-order valence-electron chi connectivity index (χ3n) is 4.80. The lowest BCUT2D eigenvalue weighted by Crippen LogP contribution is -2.38. The maximum absolute atomic E-state index is 11.7. The van der Waals surface area contributed by atoms with E-state index in [2.05, 4.69) is 40.4 Å². The van der Waals surface area contributed by atoms with Crippen molar-refractivity contribution in [3.8, 4) is 0 Å². The summed E-state index contributed by atoms with van der Waals surface area (Å²) in [7, 11) is -3.51.